The summed E-state index contributed by atoms with van der Waals surface area (Å²) in [5.74, 6) is 0.998. The molecule has 1 aromatic carbocycles. The molecule has 0 aliphatic heterocycles. The molecule has 2 aromatic heterocycles. The lowest BCUT2D eigenvalue weighted by Crippen LogP contribution is -2.09. The molecule has 0 aliphatic carbocycles. The van der Waals surface area contributed by atoms with Crippen molar-refractivity contribution < 1.29 is 10.7 Å². The summed E-state index contributed by atoms with van der Waals surface area (Å²) in [5, 5.41) is 16.1. The first-order valence-corrected chi connectivity index (χ1v) is 5.76. The zero-order valence-corrected chi connectivity index (χ0v) is 11.3. The highest BCUT2D eigenvalue weighted by atomic mass is 16.5. The van der Waals surface area contributed by atoms with Gasteiger partial charge in [0.2, 0.25) is 0 Å². The number of para-hydroxylation sites is 1. The third-order valence-corrected chi connectivity index (χ3v) is 2.44. The van der Waals surface area contributed by atoms with Gasteiger partial charge in [0.1, 0.15) is 16.9 Å². The van der Waals surface area contributed by atoms with Gasteiger partial charge >= 0.3 is 0 Å². The van der Waals surface area contributed by atoms with Crippen molar-refractivity contribution in [3.8, 4) is 0 Å². The maximum Gasteiger partial charge on any atom is 0.130 e. The summed E-state index contributed by atoms with van der Waals surface area (Å²) in [6.45, 7) is 0. The Balaban J connectivity index is 0.000000192. The average molecular weight is 275 g/mol. The predicted molar refractivity (Wildman–Crippen MR) is 76.9 cm³/mol. The van der Waals surface area contributed by atoms with Crippen molar-refractivity contribution in [2.24, 2.45) is 0 Å². The van der Waals surface area contributed by atoms with Crippen molar-refractivity contribution in [1.29, 1.82) is 0 Å². The fourth-order valence-corrected chi connectivity index (χ4v) is 1.47. The standard InChI is InChI=1S/C7H10N2.C6H5N3O.H2O/c1-9(2)7-5-3-4-6-8-7;10-9-6-4-2-1-3-5(6)7-8-9;/h3-6H,1-2H3;1-4,10H;1H2. The maximum atomic E-state index is 8.95. The molecule has 0 aliphatic rings. The lowest BCUT2D eigenvalue weighted by atomic mass is 10.3. The van der Waals surface area contributed by atoms with Gasteiger partial charge in [0.15, 0.2) is 0 Å². The van der Waals surface area contributed by atoms with E-state index < -0.39 is 0 Å². The van der Waals surface area contributed by atoms with E-state index in [4.69, 9.17) is 5.21 Å². The van der Waals surface area contributed by atoms with Crippen LogP contribution in [0.4, 0.5) is 5.82 Å². The molecule has 7 nitrogen and oxygen atoms in total. The van der Waals surface area contributed by atoms with E-state index in [2.05, 4.69) is 15.3 Å². The Morgan fingerprint density at radius 2 is 1.75 bits per heavy atom. The topological polar surface area (TPSA) is 98.6 Å². The zero-order valence-electron chi connectivity index (χ0n) is 11.3. The Morgan fingerprint density at radius 3 is 2.30 bits per heavy atom. The van der Waals surface area contributed by atoms with Gasteiger partial charge < -0.3 is 15.6 Å². The average Bonchev–Trinajstić information content (AvgIpc) is 2.83. The number of hydrogen-bond acceptors (Lipinski definition) is 5. The number of rotatable bonds is 1. The minimum atomic E-state index is 0. The summed E-state index contributed by atoms with van der Waals surface area (Å²) in [6, 6.07) is 13.1. The van der Waals surface area contributed by atoms with Gasteiger partial charge in [-0.1, -0.05) is 23.0 Å². The molecule has 3 aromatic rings. The molecule has 0 atom stereocenters. The summed E-state index contributed by atoms with van der Waals surface area (Å²) >= 11 is 0. The summed E-state index contributed by atoms with van der Waals surface area (Å²) in [6.07, 6.45) is 1.79. The van der Waals surface area contributed by atoms with Crippen molar-refractivity contribution in [3.05, 3.63) is 48.7 Å². The number of fused-ring (bicyclic) bond motifs is 1. The Kier molecular flexibility index (Phi) is 5.42. The molecule has 0 bridgehead atoms. The first kappa shape index (κ1) is 15.4. The highest BCUT2D eigenvalue weighted by molar-refractivity contribution is 5.73. The number of nitrogens with zero attached hydrogens (tertiary/aromatic N) is 5. The normalized spacial score (nSPS) is 9.30. The van der Waals surface area contributed by atoms with Gasteiger partial charge in [-0.3, -0.25) is 0 Å². The second-order valence-corrected chi connectivity index (χ2v) is 4.05. The van der Waals surface area contributed by atoms with E-state index in [1.54, 1.807) is 18.3 Å². The molecule has 106 valence electrons. The number of aromatic nitrogens is 4. The summed E-state index contributed by atoms with van der Waals surface area (Å²) in [5.41, 5.74) is 1.33. The second kappa shape index (κ2) is 7.05. The predicted octanol–water partition coefficient (Wildman–Crippen LogP) is 0.991. The quantitative estimate of drug-likeness (QED) is 0.668. The van der Waals surface area contributed by atoms with E-state index in [1.807, 2.05) is 49.3 Å². The fraction of sp³-hybridized carbons (Fsp3) is 0.154. The fourth-order valence-electron chi connectivity index (χ4n) is 1.47. The molecule has 0 saturated heterocycles. The first-order chi connectivity index (χ1) is 9.18. The van der Waals surface area contributed by atoms with Crippen LogP contribution in [0.2, 0.25) is 0 Å². The van der Waals surface area contributed by atoms with Crippen LogP contribution in [0.3, 0.4) is 0 Å². The third-order valence-electron chi connectivity index (χ3n) is 2.44. The first-order valence-electron chi connectivity index (χ1n) is 5.76. The summed E-state index contributed by atoms with van der Waals surface area (Å²) in [4.78, 5) is 6.84. The Morgan fingerprint density at radius 1 is 1.05 bits per heavy atom. The number of pyridine rings is 1. The minimum absolute atomic E-state index is 0. The Labute approximate surface area is 116 Å². The van der Waals surface area contributed by atoms with Crippen LogP contribution in [0.1, 0.15) is 0 Å². The van der Waals surface area contributed by atoms with Crippen LogP contribution in [0.5, 0.6) is 0 Å². The molecule has 0 fully saturated rings. The Hall–Kier alpha value is -2.67. The second-order valence-electron chi connectivity index (χ2n) is 4.05. The largest absolute Gasteiger partial charge is 0.412 e. The lowest BCUT2D eigenvalue weighted by Gasteiger charge is -2.08. The lowest BCUT2D eigenvalue weighted by molar-refractivity contribution is 0.155. The number of benzene rings is 1. The number of anilines is 1. The van der Waals surface area contributed by atoms with Crippen LogP contribution in [-0.2, 0) is 0 Å². The third kappa shape index (κ3) is 3.66. The summed E-state index contributed by atoms with van der Waals surface area (Å²) < 4.78 is 0. The van der Waals surface area contributed by atoms with Crippen LogP contribution in [0, 0.1) is 0 Å². The number of hydrogen-bond donors (Lipinski definition) is 1. The molecule has 3 N–H and O–H groups in total. The minimum Gasteiger partial charge on any atom is -0.412 e. The highest BCUT2D eigenvalue weighted by Crippen LogP contribution is 2.06. The molecule has 0 radical (unpaired) electrons. The van der Waals surface area contributed by atoms with Gasteiger partial charge in [0.05, 0.1) is 0 Å². The van der Waals surface area contributed by atoms with Gasteiger partial charge in [0, 0.05) is 20.3 Å². The molecule has 0 amide bonds. The molecule has 0 unspecified atom stereocenters. The van der Waals surface area contributed by atoms with Crippen molar-refractivity contribution in [2.45, 2.75) is 0 Å². The highest BCUT2D eigenvalue weighted by Gasteiger charge is 1.98. The van der Waals surface area contributed by atoms with Gasteiger partial charge in [0.25, 0.3) is 0 Å². The van der Waals surface area contributed by atoms with Gasteiger partial charge in [-0.25, -0.2) is 4.98 Å². The van der Waals surface area contributed by atoms with Crippen molar-refractivity contribution in [1.82, 2.24) is 20.1 Å². The molecule has 0 saturated carbocycles. The Bertz CT molecular complexity index is 639. The molecule has 2 heterocycles. The van der Waals surface area contributed by atoms with Gasteiger partial charge in [-0.05, 0) is 29.5 Å². The van der Waals surface area contributed by atoms with Crippen LogP contribution >= 0.6 is 0 Å². The van der Waals surface area contributed by atoms with E-state index in [0.717, 1.165) is 10.7 Å². The van der Waals surface area contributed by atoms with Crippen molar-refractivity contribution in [3.63, 3.8) is 0 Å². The summed E-state index contributed by atoms with van der Waals surface area (Å²) in [7, 11) is 3.95. The van der Waals surface area contributed by atoms with Gasteiger partial charge in [-0.2, -0.15) is 0 Å². The van der Waals surface area contributed by atoms with Crippen LogP contribution in [0.25, 0.3) is 11.0 Å². The molecule has 3 rings (SSSR count). The van der Waals surface area contributed by atoms with Crippen molar-refractivity contribution >= 4 is 16.9 Å². The van der Waals surface area contributed by atoms with Crippen molar-refractivity contribution in [2.75, 3.05) is 19.0 Å². The van der Waals surface area contributed by atoms with Gasteiger partial charge in [-0.15, -0.1) is 5.10 Å². The maximum absolute atomic E-state index is 8.95. The zero-order chi connectivity index (χ0) is 13.7. The molecule has 0 spiro atoms. The van der Waals surface area contributed by atoms with E-state index in [1.165, 1.54) is 0 Å². The van der Waals surface area contributed by atoms with E-state index in [-0.39, 0.29) is 5.48 Å². The van der Waals surface area contributed by atoms with E-state index in [0.29, 0.717) is 11.0 Å². The SMILES string of the molecule is CN(C)c1ccccn1.O.On1nnc2ccccc21. The van der Waals surface area contributed by atoms with E-state index in [9.17, 15) is 0 Å². The van der Waals surface area contributed by atoms with Crippen LogP contribution in [0.15, 0.2) is 48.7 Å². The molecule has 20 heavy (non-hydrogen) atoms. The smallest absolute Gasteiger partial charge is 0.130 e. The van der Waals surface area contributed by atoms with Crippen LogP contribution in [-0.4, -0.2) is 44.9 Å². The van der Waals surface area contributed by atoms with E-state index >= 15 is 0 Å². The molecular weight excluding hydrogens is 258 g/mol. The molecular formula is C13H17N5O2. The monoisotopic (exact) mass is 275 g/mol. The van der Waals surface area contributed by atoms with Crippen LogP contribution < -0.4 is 4.90 Å². The molecule has 7 heteroatoms.